The van der Waals surface area contributed by atoms with Crippen LogP contribution in [-0.2, 0) is 4.79 Å². The van der Waals surface area contributed by atoms with Crippen molar-refractivity contribution in [3.63, 3.8) is 0 Å². The fourth-order valence-corrected chi connectivity index (χ4v) is 3.28. The van der Waals surface area contributed by atoms with E-state index in [0.29, 0.717) is 5.76 Å². The van der Waals surface area contributed by atoms with E-state index in [9.17, 15) is 9.18 Å². The van der Waals surface area contributed by atoms with E-state index in [1.54, 1.807) is 18.2 Å². The van der Waals surface area contributed by atoms with E-state index < -0.39 is 5.82 Å². The number of fused-ring (bicyclic) bond motifs is 1. The highest BCUT2D eigenvalue weighted by Crippen LogP contribution is 2.26. The van der Waals surface area contributed by atoms with Crippen molar-refractivity contribution < 1.29 is 18.0 Å². The molecule has 2 aromatic carbocycles. The quantitative estimate of drug-likeness (QED) is 0.479. The number of aromatic nitrogens is 2. The summed E-state index contributed by atoms with van der Waals surface area (Å²) in [6, 6.07) is 15.4. The predicted molar refractivity (Wildman–Crippen MR) is 103 cm³/mol. The predicted octanol–water partition coefficient (Wildman–Crippen LogP) is 4.59. The molecule has 0 bridgehead atoms. The number of carbonyl (C=O) groups is 1. The molecule has 0 aliphatic carbocycles. The molecule has 0 fully saturated rings. The van der Waals surface area contributed by atoms with Gasteiger partial charge in [0.25, 0.3) is 11.1 Å². The van der Waals surface area contributed by atoms with Gasteiger partial charge in [-0.3, -0.25) is 4.79 Å². The van der Waals surface area contributed by atoms with E-state index in [0.717, 1.165) is 22.7 Å². The van der Waals surface area contributed by atoms with Gasteiger partial charge in [0.15, 0.2) is 0 Å². The number of nitrogens with one attached hydrogen (secondary N) is 1. The standard InChI is InChI=1S/C20H16FN3O3S/c1-12(17-10-13-6-2-5-9-16(13)26-17)22-18(25)11-28-20-24-23-19(27-20)14-7-3-4-8-15(14)21/h2-10,12H,11H2,1H3,(H,22,25)/t12-/m1/s1. The summed E-state index contributed by atoms with van der Waals surface area (Å²) >= 11 is 1.09. The molecule has 4 rings (SSSR count). The minimum absolute atomic E-state index is 0.0802. The summed E-state index contributed by atoms with van der Waals surface area (Å²) in [5.41, 5.74) is 1.00. The van der Waals surface area contributed by atoms with Crippen molar-refractivity contribution in [1.82, 2.24) is 15.5 Å². The lowest BCUT2D eigenvalue weighted by Crippen LogP contribution is -2.27. The molecule has 28 heavy (non-hydrogen) atoms. The Labute approximate surface area is 164 Å². The Morgan fingerprint density at radius 1 is 1.14 bits per heavy atom. The second-order valence-electron chi connectivity index (χ2n) is 6.12. The SMILES string of the molecule is C[C@@H](NC(=O)CSc1nnc(-c2ccccc2F)o1)c1cc2ccccc2o1. The van der Waals surface area contributed by atoms with E-state index in [-0.39, 0.29) is 34.4 Å². The van der Waals surface area contributed by atoms with Crippen LogP contribution in [0.25, 0.3) is 22.4 Å². The van der Waals surface area contributed by atoms with Crippen molar-refractivity contribution in [2.24, 2.45) is 0 Å². The lowest BCUT2D eigenvalue weighted by Gasteiger charge is -2.10. The third-order valence-corrected chi connectivity index (χ3v) is 4.90. The molecule has 0 aliphatic rings. The third-order valence-electron chi connectivity index (χ3n) is 4.09. The zero-order valence-corrected chi connectivity index (χ0v) is 15.7. The van der Waals surface area contributed by atoms with Crippen LogP contribution in [0, 0.1) is 5.82 Å². The Balaban J connectivity index is 1.35. The summed E-state index contributed by atoms with van der Waals surface area (Å²) in [5.74, 6) is 0.197. The number of nitrogens with zero attached hydrogens (tertiary/aromatic N) is 2. The number of amides is 1. The summed E-state index contributed by atoms with van der Waals surface area (Å²) in [6.45, 7) is 1.85. The molecular weight excluding hydrogens is 381 g/mol. The van der Waals surface area contributed by atoms with Crippen molar-refractivity contribution in [3.05, 3.63) is 66.2 Å². The number of hydrogen-bond donors (Lipinski definition) is 1. The lowest BCUT2D eigenvalue weighted by molar-refractivity contribution is -0.119. The second kappa shape index (κ2) is 7.85. The van der Waals surface area contributed by atoms with Crippen LogP contribution >= 0.6 is 11.8 Å². The molecule has 1 atom stereocenters. The number of carbonyl (C=O) groups excluding carboxylic acids is 1. The molecule has 2 heterocycles. The molecule has 0 saturated heterocycles. The van der Waals surface area contributed by atoms with Gasteiger partial charge in [0.2, 0.25) is 5.91 Å². The van der Waals surface area contributed by atoms with E-state index in [1.165, 1.54) is 6.07 Å². The van der Waals surface area contributed by atoms with Gasteiger partial charge in [0.1, 0.15) is 17.2 Å². The zero-order valence-electron chi connectivity index (χ0n) is 14.9. The van der Waals surface area contributed by atoms with E-state index in [2.05, 4.69) is 15.5 Å². The molecule has 0 spiro atoms. The average molecular weight is 397 g/mol. The van der Waals surface area contributed by atoms with Crippen LogP contribution in [0.3, 0.4) is 0 Å². The molecule has 142 valence electrons. The minimum Gasteiger partial charge on any atom is -0.459 e. The fraction of sp³-hybridized carbons (Fsp3) is 0.150. The van der Waals surface area contributed by atoms with Crippen molar-refractivity contribution in [1.29, 1.82) is 0 Å². The normalized spacial score (nSPS) is 12.2. The van der Waals surface area contributed by atoms with Crippen molar-refractivity contribution >= 4 is 28.6 Å². The lowest BCUT2D eigenvalue weighted by atomic mass is 10.2. The number of para-hydroxylation sites is 1. The van der Waals surface area contributed by atoms with Gasteiger partial charge in [-0.1, -0.05) is 42.1 Å². The first kappa shape index (κ1) is 18.2. The molecular formula is C20H16FN3O3S. The first-order valence-electron chi connectivity index (χ1n) is 8.59. The number of thioether (sulfide) groups is 1. The molecule has 0 aliphatic heterocycles. The Morgan fingerprint density at radius 3 is 2.75 bits per heavy atom. The highest BCUT2D eigenvalue weighted by atomic mass is 32.2. The molecule has 0 unspecified atom stereocenters. The summed E-state index contributed by atoms with van der Waals surface area (Å²) in [4.78, 5) is 12.2. The molecule has 2 aromatic heterocycles. The maximum absolute atomic E-state index is 13.8. The number of hydrogen-bond acceptors (Lipinski definition) is 6. The number of rotatable bonds is 6. The monoisotopic (exact) mass is 397 g/mol. The largest absolute Gasteiger partial charge is 0.459 e. The number of halogens is 1. The molecule has 4 aromatic rings. The highest BCUT2D eigenvalue weighted by Gasteiger charge is 2.17. The first-order chi connectivity index (χ1) is 13.6. The third kappa shape index (κ3) is 3.91. The van der Waals surface area contributed by atoms with Crippen LogP contribution in [0.4, 0.5) is 4.39 Å². The van der Waals surface area contributed by atoms with Crippen molar-refractivity contribution in [3.8, 4) is 11.5 Å². The Bertz CT molecular complexity index is 1090. The van der Waals surface area contributed by atoms with Crippen molar-refractivity contribution in [2.75, 3.05) is 5.75 Å². The molecule has 8 heteroatoms. The van der Waals surface area contributed by atoms with Gasteiger partial charge in [-0.15, -0.1) is 10.2 Å². The van der Waals surface area contributed by atoms with E-state index in [4.69, 9.17) is 8.83 Å². The van der Waals surface area contributed by atoms with E-state index >= 15 is 0 Å². The van der Waals surface area contributed by atoms with Gasteiger partial charge in [-0.25, -0.2) is 4.39 Å². The first-order valence-corrected chi connectivity index (χ1v) is 9.58. The molecule has 0 radical (unpaired) electrons. The fourth-order valence-electron chi connectivity index (χ4n) is 2.71. The zero-order chi connectivity index (χ0) is 19.5. The molecule has 1 N–H and O–H groups in total. The van der Waals surface area contributed by atoms with Crippen LogP contribution in [0.15, 0.2) is 68.7 Å². The van der Waals surface area contributed by atoms with Gasteiger partial charge < -0.3 is 14.2 Å². The summed E-state index contributed by atoms with van der Waals surface area (Å²) in [5, 5.41) is 11.7. The maximum atomic E-state index is 13.8. The maximum Gasteiger partial charge on any atom is 0.277 e. The Hall–Kier alpha value is -3.13. The average Bonchev–Trinajstić information content (AvgIpc) is 3.34. The summed E-state index contributed by atoms with van der Waals surface area (Å²) < 4.78 is 25.0. The Morgan fingerprint density at radius 2 is 1.93 bits per heavy atom. The van der Waals surface area contributed by atoms with Crippen LogP contribution in [0.5, 0.6) is 0 Å². The van der Waals surface area contributed by atoms with Gasteiger partial charge in [-0.2, -0.15) is 0 Å². The van der Waals surface area contributed by atoms with Gasteiger partial charge in [0, 0.05) is 5.39 Å². The molecule has 1 amide bonds. The number of benzene rings is 2. The topological polar surface area (TPSA) is 81.2 Å². The van der Waals surface area contributed by atoms with Crippen LogP contribution in [0.1, 0.15) is 18.7 Å². The number of furan rings is 1. The van der Waals surface area contributed by atoms with Gasteiger partial charge in [-0.05, 0) is 31.2 Å². The Kier molecular flexibility index (Phi) is 5.12. The minimum atomic E-state index is -0.444. The van der Waals surface area contributed by atoms with Gasteiger partial charge in [0.05, 0.1) is 17.4 Å². The van der Waals surface area contributed by atoms with Crippen molar-refractivity contribution in [2.45, 2.75) is 18.2 Å². The smallest absolute Gasteiger partial charge is 0.277 e. The summed E-state index contributed by atoms with van der Waals surface area (Å²) in [7, 11) is 0. The van der Waals surface area contributed by atoms with Crippen LogP contribution < -0.4 is 5.32 Å². The molecule has 6 nitrogen and oxygen atoms in total. The highest BCUT2D eigenvalue weighted by molar-refractivity contribution is 7.99. The molecule has 0 saturated carbocycles. The second-order valence-corrected chi connectivity index (χ2v) is 7.04. The van der Waals surface area contributed by atoms with Crippen LogP contribution in [0.2, 0.25) is 0 Å². The van der Waals surface area contributed by atoms with Gasteiger partial charge >= 0.3 is 0 Å². The van der Waals surface area contributed by atoms with Crippen LogP contribution in [-0.4, -0.2) is 21.9 Å². The summed E-state index contributed by atoms with van der Waals surface area (Å²) in [6.07, 6.45) is 0. The van der Waals surface area contributed by atoms with E-state index in [1.807, 2.05) is 37.3 Å².